The molecule has 0 saturated carbocycles. The van der Waals surface area contributed by atoms with Crippen LogP contribution in [-0.2, 0) is 4.57 Å². The molecule has 7 nitrogen and oxygen atoms in total. The van der Waals surface area contributed by atoms with E-state index < -0.39 is 13.9 Å². The molecule has 0 fully saturated rings. The van der Waals surface area contributed by atoms with Gasteiger partial charge in [0.1, 0.15) is 5.75 Å². The lowest BCUT2D eigenvalue weighted by Crippen LogP contribution is -2.21. The predicted molar refractivity (Wildman–Crippen MR) is 55.8 cm³/mol. The van der Waals surface area contributed by atoms with E-state index in [1.165, 1.54) is 7.05 Å². The van der Waals surface area contributed by atoms with Gasteiger partial charge in [-0.25, -0.2) is 9.36 Å². The highest BCUT2D eigenvalue weighted by atomic mass is 31.2. The molecular formula is C8H12NO6P. The molecule has 1 amide bonds. The Kier molecular flexibility index (Phi) is 6.36. The first-order valence-corrected chi connectivity index (χ1v) is 5.62. The number of nitrogens with one attached hydrogen (secondary N) is 1. The van der Waals surface area contributed by atoms with Gasteiger partial charge in [-0.2, -0.15) is 0 Å². The zero-order valence-corrected chi connectivity index (χ0v) is 9.29. The molecule has 8 heteroatoms. The number of para-hydroxylation sites is 1. The van der Waals surface area contributed by atoms with Crippen molar-refractivity contribution in [2.24, 2.45) is 0 Å². The molecule has 0 radical (unpaired) electrons. The zero-order chi connectivity index (χ0) is 12.6. The van der Waals surface area contributed by atoms with Crippen LogP contribution in [0.3, 0.4) is 0 Å². The predicted octanol–water partition coefficient (Wildman–Crippen LogP) is 0.476. The van der Waals surface area contributed by atoms with E-state index in [-0.39, 0.29) is 0 Å². The summed E-state index contributed by atoms with van der Waals surface area (Å²) in [6, 6.07) is 8.90. The van der Waals surface area contributed by atoms with Crippen molar-refractivity contribution in [3.05, 3.63) is 30.3 Å². The molecule has 1 aromatic carbocycles. The number of phosphoric acid groups is 1. The topological polar surface area (TPSA) is 116 Å². The number of amides is 1. The van der Waals surface area contributed by atoms with E-state index >= 15 is 0 Å². The molecule has 90 valence electrons. The van der Waals surface area contributed by atoms with Crippen molar-refractivity contribution in [2.75, 3.05) is 7.05 Å². The number of rotatable bonds is 1. The molecule has 0 atom stereocenters. The zero-order valence-electron chi connectivity index (χ0n) is 8.40. The summed E-state index contributed by atoms with van der Waals surface area (Å²) in [7, 11) is -3.12. The van der Waals surface area contributed by atoms with E-state index in [1.807, 2.05) is 6.07 Å². The molecular weight excluding hydrogens is 237 g/mol. The fourth-order valence-corrected chi connectivity index (χ4v) is 0.647. The molecule has 4 N–H and O–H groups in total. The summed E-state index contributed by atoms with van der Waals surface area (Å²) in [5.74, 6) is 0.548. The average molecular weight is 249 g/mol. The summed E-state index contributed by atoms with van der Waals surface area (Å²) in [5.41, 5.74) is 0. The highest BCUT2D eigenvalue weighted by Gasteiger charge is 2.00. The maximum absolute atomic E-state index is 10.6. The first kappa shape index (κ1) is 14.6. The number of carbonyl (C=O) groups excluding carboxylic acids is 1. The van der Waals surface area contributed by atoms with Gasteiger partial charge < -0.3 is 24.7 Å². The first-order chi connectivity index (χ1) is 7.33. The maximum Gasteiger partial charge on any atom is 0.466 e. The molecule has 0 heterocycles. The molecule has 0 aliphatic carbocycles. The van der Waals surface area contributed by atoms with Gasteiger partial charge >= 0.3 is 13.9 Å². The molecule has 1 aromatic rings. The number of carbonyl (C=O) groups is 1. The van der Waals surface area contributed by atoms with E-state index in [9.17, 15) is 4.79 Å². The van der Waals surface area contributed by atoms with Gasteiger partial charge in [0.15, 0.2) is 0 Å². The number of hydrogen-bond donors (Lipinski definition) is 4. The Labute approximate surface area is 91.9 Å². The quantitative estimate of drug-likeness (QED) is 0.538. The minimum atomic E-state index is -4.64. The minimum Gasteiger partial charge on any atom is -0.410 e. The van der Waals surface area contributed by atoms with Crippen molar-refractivity contribution in [3.8, 4) is 5.75 Å². The van der Waals surface area contributed by atoms with E-state index in [1.54, 1.807) is 24.3 Å². The summed E-state index contributed by atoms with van der Waals surface area (Å²) in [5, 5.41) is 2.35. The van der Waals surface area contributed by atoms with Crippen molar-refractivity contribution in [1.29, 1.82) is 0 Å². The van der Waals surface area contributed by atoms with Crippen LogP contribution in [-0.4, -0.2) is 27.8 Å². The summed E-state index contributed by atoms with van der Waals surface area (Å²) in [6.07, 6.45) is -0.448. The van der Waals surface area contributed by atoms with Gasteiger partial charge in [0.25, 0.3) is 0 Å². The Bertz CT molecular complexity index is 354. The van der Waals surface area contributed by atoms with E-state index in [0.717, 1.165) is 0 Å². The first-order valence-electron chi connectivity index (χ1n) is 4.06. The van der Waals surface area contributed by atoms with Crippen LogP contribution in [0.4, 0.5) is 4.79 Å². The lowest BCUT2D eigenvalue weighted by atomic mass is 10.3. The molecule has 1 rings (SSSR count). The average Bonchev–Trinajstić information content (AvgIpc) is 2.16. The normalized spacial score (nSPS) is 9.75. The summed E-state index contributed by atoms with van der Waals surface area (Å²) >= 11 is 0. The van der Waals surface area contributed by atoms with Gasteiger partial charge in [-0.1, -0.05) is 18.2 Å². The van der Waals surface area contributed by atoms with Crippen molar-refractivity contribution in [3.63, 3.8) is 0 Å². The van der Waals surface area contributed by atoms with Gasteiger partial charge in [0, 0.05) is 7.05 Å². The minimum absolute atomic E-state index is 0.448. The van der Waals surface area contributed by atoms with Crippen LogP contribution in [0.25, 0.3) is 0 Å². The van der Waals surface area contributed by atoms with Crippen molar-refractivity contribution < 1.29 is 28.8 Å². The summed E-state index contributed by atoms with van der Waals surface area (Å²) in [4.78, 5) is 32.2. The third kappa shape index (κ3) is 10.7. The molecule has 0 aromatic heterocycles. The number of ether oxygens (including phenoxy) is 1. The second-order valence-corrected chi connectivity index (χ2v) is 3.49. The molecule has 16 heavy (non-hydrogen) atoms. The van der Waals surface area contributed by atoms with Gasteiger partial charge in [-0.05, 0) is 12.1 Å². The summed E-state index contributed by atoms with van der Waals surface area (Å²) < 4.78 is 13.7. The fourth-order valence-electron chi connectivity index (χ4n) is 0.647. The molecule has 0 aliphatic rings. The fraction of sp³-hybridized carbons (Fsp3) is 0.125. The Balaban J connectivity index is 0.000000385. The van der Waals surface area contributed by atoms with Crippen LogP contribution in [0.1, 0.15) is 0 Å². The highest BCUT2D eigenvalue weighted by molar-refractivity contribution is 7.45. The van der Waals surface area contributed by atoms with Crippen molar-refractivity contribution in [1.82, 2.24) is 5.32 Å². The molecule has 0 saturated heterocycles. The molecule has 0 spiro atoms. The third-order valence-electron chi connectivity index (χ3n) is 1.16. The van der Waals surface area contributed by atoms with Gasteiger partial charge in [0.05, 0.1) is 0 Å². The van der Waals surface area contributed by atoms with Gasteiger partial charge in [-0.15, -0.1) is 0 Å². The SMILES string of the molecule is CNC(=O)Oc1ccccc1.O=P(O)(O)O. The smallest absolute Gasteiger partial charge is 0.410 e. The maximum atomic E-state index is 10.6. The van der Waals surface area contributed by atoms with Crippen LogP contribution in [0.15, 0.2) is 30.3 Å². The third-order valence-corrected chi connectivity index (χ3v) is 1.16. The highest BCUT2D eigenvalue weighted by Crippen LogP contribution is 2.25. The van der Waals surface area contributed by atoms with Crippen LogP contribution in [0.5, 0.6) is 5.75 Å². The Morgan fingerprint density at radius 3 is 2.06 bits per heavy atom. The lowest BCUT2D eigenvalue weighted by molar-refractivity contribution is 0.203. The Hall–Kier alpha value is -1.40. The van der Waals surface area contributed by atoms with Gasteiger partial charge in [0.2, 0.25) is 0 Å². The summed E-state index contributed by atoms with van der Waals surface area (Å²) in [6.45, 7) is 0. The monoisotopic (exact) mass is 249 g/mol. The second kappa shape index (κ2) is 6.97. The largest absolute Gasteiger partial charge is 0.466 e. The Morgan fingerprint density at radius 2 is 1.69 bits per heavy atom. The van der Waals surface area contributed by atoms with Crippen LogP contribution < -0.4 is 10.1 Å². The van der Waals surface area contributed by atoms with Gasteiger partial charge in [-0.3, -0.25) is 0 Å². The van der Waals surface area contributed by atoms with Crippen molar-refractivity contribution in [2.45, 2.75) is 0 Å². The van der Waals surface area contributed by atoms with E-state index in [0.29, 0.717) is 5.75 Å². The van der Waals surface area contributed by atoms with E-state index in [4.69, 9.17) is 24.0 Å². The lowest BCUT2D eigenvalue weighted by Gasteiger charge is -2.00. The standard InChI is InChI=1S/C8H9NO2.H3O4P/c1-9-8(10)11-7-5-3-2-4-6-7;1-5(2,3)4/h2-6H,1H3,(H,9,10);(H3,1,2,3,4). The molecule has 0 unspecified atom stereocenters. The van der Waals surface area contributed by atoms with E-state index in [2.05, 4.69) is 5.32 Å². The number of hydrogen-bond acceptors (Lipinski definition) is 3. The molecule has 0 aliphatic heterocycles. The van der Waals surface area contributed by atoms with Crippen LogP contribution >= 0.6 is 7.82 Å². The molecule has 0 bridgehead atoms. The van der Waals surface area contributed by atoms with Crippen LogP contribution in [0.2, 0.25) is 0 Å². The van der Waals surface area contributed by atoms with Crippen molar-refractivity contribution >= 4 is 13.9 Å². The number of benzene rings is 1. The Morgan fingerprint density at radius 1 is 1.25 bits per heavy atom. The van der Waals surface area contributed by atoms with Crippen LogP contribution in [0, 0.1) is 0 Å². The second-order valence-electron chi connectivity index (χ2n) is 2.47.